The topological polar surface area (TPSA) is 68.2 Å². The van der Waals surface area contributed by atoms with Crippen LogP contribution in [0.4, 0.5) is 5.69 Å². The molecule has 6 nitrogen and oxygen atoms in total. The van der Waals surface area contributed by atoms with E-state index in [1.165, 1.54) is 0 Å². The summed E-state index contributed by atoms with van der Waals surface area (Å²) in [6, 6.07) is 8.30. The second-order valence-corrected chi connectivity index (χ2v) is 8.87. The fraction of sp³-hybridized carbons (Fsp3) is 0.577. The Kier molecular flexibility index (Phi) is 7.09. The van der Waals surface area contributed by atoms with Crippen LogP contribution in [0.2, 0.25) is 0 Å². The number of benzene rings is 1. The van der Waals surface area contributed by atoms with E-state index in [9.17, 15) is 9.59 Å². The molecule has 6 heteroatoms. The van der Waals surface area contributed by atoms with E-state index in [-0.39, 0.29) is 36.3 Å². The van der Waals surface area contributed by atoms with Gasteiger partial charge in [0.1, 0.15) is 12.4 Å². The van der Waals surface area contributed by atoms with Crippen LogP contribution in [0.1, 0.15) is 64.4 Å². The molecule has 32 heavy (non-hydrogen) atoms. The van der Waals surface area contributed by atoms with Crippen molar-refractivity contribution in [1.82, 2.24) is 0 Å². The van der Waals surface area contributed by atoms with Crippen molar-refractivity contribution in [2.24, 2.45) is 10.9 Å². The van der Waals surface area contributed by atoms with Crippen molar-refractivity contribution < 1.29 is 19.1 Å². The van der Waals surface area contributed by atoms with Gasteiger partial charge in [-0.05, 0) is 64.2 Å². The van der Waals surface area contributed by atoms with Crippen LogP contribution < -0.4 is 4.90 Å². The zero-order valence-corrected chi connectivity index (χ0v) is 19.4. The van der Waals surface area contributed by atoms with Gasteiger partial charge in [0.25, 0.3) is 0 Å². The molecular weight excluding hydrogens is 404 g/mol. The van der Waals surface area contributed by atoms with Gasteiger partial charge in [-0.25, -0.2) is 4.79 Å². The largest absolute Gasteiger partial charge is 0.460 e. The Hall–Kier alpha value is -2.47. The number of anilines is 1. The van der Waals surface area contributed by atoms with Gasteiger partial charge in [-0.15, -0.1) is 0 Å². The minimum Gasteiger partial charge on any atom is -0.460 e. The summed E-state index contributed by atoms with van der Waals surface area (Å²) >= 11 is 0. The SMILES string of the molecule is CCN(CC)c1ccc([C@@H]2C(C(=O)OC[C@@H]3CCCO3)=C(C)N=C3CCCC(=O)C32)cc1. The number of rotatable bonds is 7. The summed E-state index contributed by atoms with van der Waals surface area (Å²) in [6.45, 7) is 8.96. The Balaban J connectivity index is 1.67. The zero-order chi connectivity index (χ0) is 22.7. The van der Waals surface area contributed by atoms with E-state index >= 15 is 0 Å². The molecule has 0 spiro atoms. The maximum atomic E-state index is 13.3. The van der Waals surface area contributed by atoms with E-state index < -0.39 is 0 Å². The Morgan fingerprint density at radius 2 is 1.88 bits per heavy atom. The summed E-state index contributed by atoms with van der Waals surface area (Å²) in [5.74, 6) is -0.933. The van der Waals surface area contributed by atoms with Crippen molar-refractivity contribution in [3.05, 3.63) is 41.1 Å². The standard InChI is InChI=1S/C26H34N2O4/c1-4-28(5-2)19-13-11-18(12-14-19)24-23(26(30)32-16-20-8-7-15-31-20)17(3)27-21-9-6-10-22(29)25(21)24/h11-14,20,24-25H,4-10,15-16H2,1-3H3/t20-,24+,25?/m0/s1. The van der Waals surface area contributed by atoms with Gasteiger partial charge in [0.2, 0.25) is 0 Å². The lowest BCUT2D eigenvalue weighted by Crippen LogP contribution is -2.39. The van der Waals surface area contributed by atoms with Crippen LogP contribution in [0.3, 0.4) is 0 Å². The molecule has 3 aliphatic rings. The molecule has 1 aromatic rings. The number of Topliss-reactive ketones (excluding diaryl/α,β-unsaturated/α-hetero) is 1. The molecule has 0 aromatic heterocycles. The number of esters is 1. The van der Waals surface area contributed by atoms with Gasteiger partial charge in [-0.3, -0.25) is 9.79 Å². The first-order valence-electron chi connectivity index (χ1n) is 12.0. The van der Waals surface area contributed by atoms with Crippen LogP contribution in [-0.2, 0) is 19.1 Å². The Labute approximate surface area is 190 Å². The molecule has 2 fully saturated rings. The maximum absolute atomic E-state index is 13.3. The van der Waals surface area contributed by atoms with E-state index in [2.05, 4.69) is 43.0 Å². The number of ether oxygens (including phenoxy) is 2. The number of nitrogens with zero attached hydrogens (tertiary/aromatic N) is 2. The summed E-state index contributed by atoms with van der Waals surface area (Å²) in [6.07, 6.45) is 4.04. The van der Waals surface area contributed by atoms with Gasteiger partial charge in [-0.2, -0.15) is 0 Å². The summed E-state index contributed by atoms with van der Waals surface area (Å²) in [7, 11) is 0. The molecule has 3 atom stereocenters. The van der Waals surface area contributed by atoms with Crippen LogP contribution in [0.5, 0.6) is 0 Å². The quantitative estimate of drug-likeness (QED) is 0.589. The molecule has 1 aliphatic carbocycles. The van der Waals surface area contributed by atoms with Crippen LogP contribution in [0, 0.1) is 5.92 Å². The Morgan fingerprint density at radius 1 is 1.12 bits per heavy atom. The number of carbonyl (C=O) groups is 2. The minimum absolute atomic E-state index is 0.0365. The van der Waals surface area contributed by atoms with Gasteiger partial charge in [0, 0.05) is 49.1 Å². The summed E-state index contributed by atoms with van der Waals surface area (Å²) in [5.41, 5.74) is 4.20. The van der Waals surface area contributed by atoms with Crippen LogP contribution >= 0.6 is 0 Å². The molecule has 2 aliphatic heterocycles. The Bertz CT molecular complexity index is 908. The number of ketones is 1. The van der Waals surface area contributed by atoms with E-state index in [1.807, 2.05) is 6.92 Å². The molecular formula is C26H34N2O4. The highest BCUT2D eigenvalue weighted by Crippen LogP contribution is 2.43. The van der Waals surface area contributed by atoms with Crippen LogP contribution in [0.25, 0.3) is 0 Å². The fourth-order valence-electron chi connectivity index (χ4n) is 5.25. The lowest BCUT2D eigenvalue weighted by Gasteiger charge is -2.36. The second-order valence-electron chi connectivity index (χ2n) is 8.87. The number of hydrogen-bond acceptors (Lipinski definition) is 6. The maximum Gasteiger partial charge on any atom is 0.336 e. The predicted octanol–water partition coefficient (Wildman–Crippen LogP) is 4.44. The van der Waals surface area contributed by atoms with Gasteiger partial charge in [0.05, 0.1) is 17.6 Å². The number of carbonyl (C=O) groups excluding carboxylic acids is 2. The molecule has 2 heterocycles. The first-order valence-corrected chi connectivity index (χ1v) is 12.0. The minimum atomic E-state index is -0.378. The molecule has 1 saturated heterocycles. The van der Waals surface area contributed by atoms with Crippen molar-refractivity contribution in [2.75, 3.05) is 31.2 Å². The molecule has 0 radical (unpaired) electrons. The smallest absolute Gasteiger partial charge is 0.336 e. The monoisotopic (exact) mass is 438 g/mol. The van der Waals surface area contributed by atoms with E-state index in [0.29, 0.717) is 17.7 Å². The van der Waals surface area contributed by atoms with Crippen molar-refractivity contribution in [2.45, 2.75) is 64.9 Å². The first-order chi connectivity index (χ1) is 15.5. The van der Waals surface area contributed by atoms with Gasteiger partial charge < -0.3 is 14.4 Å². The molecule has 0 bridgehead atoms. The molecule has 0 amide bonds. The third-order valence-electron chi connectivity index (χ3n) is 6.93. The summed E-state index contributed by atoms with van der Waals surface area (Å²) in [4.78, 5) is 33.3. The van der Waals surface area contributed by atoms with Crippen molar-refractivity contribution in [3.8, 4) is 0 Å². The van der Waals surface area contributed by atoms with Crippen molar-refractivity contribution in [3.63, 3.8) is 0 Å². The Morgan fingerprint density at radius 3 is 2.53 bits per heavy atom. The zero-order valence-electron chi connectivity index (χ0n) is 19.4. The molecule has 0 N–H and O–H groups in total. The first kappa shape index (κ1) is 22.7. The number of hydrogen-bond donors (Lipinski definition) is 0. The lowest BCUT2D eigenvalue weighted by atomic mass is 9.69. The fourth-order valence-corrected chi connectivity index (χ4v) is 5.25. The molecule has 1 aromatic carbocycles. The number of fused-ring (bicyclic) bond motifs is 1. The van der Waals surface area contributed by atoms with Crippen molar-refractivity contribution in [1.29, 1.82) is 0 Å². The third-order valence-corrected chi connectivity index (χ3v) is 6.93. The third kappa shape index (κ3) is 4.51. The predicted molar refractivity (Wildman–Crippen MR) is 125 cm³/mol. The average molecular weight is 439 g/mol. The highest BCUT2D eigenvalue weighted by molar-refractivity contribution is 6.11. The number of allylic oxidation sites excluding steroid dienone is 1. The van der Waals surface area contributed by atoms with Gasteiger partial charge >= 0.3 is 5.97 Å². The second kappa shape index (κ2) is 9.99. The van der Waals surface area contributed by atoms with Crippen molar-refractivity contribution >= 4 is 23.2 Å². The number of aliphatic imine (C=N–C) groups is 1. The molecule has 172 valence electrons. The highest BCUT2D eigenvalue weighted by atomic mass is 16.6. The molecule has 4 rings (SSSR count). The molecule has 1 saturated carbocycles. The van der Waals surface area contributed by atoms with Crippen LogP contribution in [0.15, 0.2) is 40.5 Å². The van der Waals surface area contributed by atoms with E-state index in [0.717, 1.165) is 62.3 Å². The summed E-state index contributed by atoms with van der Waals surface area (Å²) < 4.78 is 11.3. The van der Waals surface area contributed by atoms with Gasteiger partial charge in [0.15, 0.2) is 0 Å². The normalized spacial score (nSPS) is 25.4. The molecule has 1 unspecified atom stereocenters. The summed E-state index contributed by atoms with van der Waals surface area (Å²) in [5, 5.41) is 0. The van der Waals surface area contributed by atoms with Crippen LogP contribution in [-0.4, -0.2) is 49.9 Å². The highest BCUT2D eigenvalue weighted by Gasteiger charge is 2.43. The van der Waals surface area contributed by atoms with E-state index in [1.54, 1.807) is 0 Å². The van der Waals surface area contributed by atoms with Gasteiger partial charge in [-0.1, -0.05) is 12.1 Å². The van der Waals surface area contributed by atoms with E-state index in [4.69, 9.17) is 14.5 Å². The lowest BCUT2D eigenvalue weighted by molar-refractivity contribution is -0.142. The average Bonchev–Trinajstić information content (AvgIpc) is 3.32.